The van der Waals surface area contributed by atoms with E-state index in [0.717, 1.165) is 12.1 Å². The fraction of sp³-hybridized carbons (Fsp3) is 0.533. The molecule has 2 saturated heterocycles. The maximum absolute atomic E-state index is 12.7. The van der Waals surface area contributed by atoms with Gasteiger partial charge in [-0.05, 0) is 25.5 Å². The molecule has 1 aromatic heterocycles. The van der Waals surface area contributed by atoms with Crippen LogP contribution in [0.5, 0.6) is 0 Å². The summed E-state index contributed by atoms with van der Waals surface area (Å²) in [6.07, 6.45) is 2.19. The fourth-order valence-electron chi connectivity index (χ4n) is 3.12. The van der Waals surface area contributed by atoms with Crippen molar-refractivity contribution < 1.29 is 14.3 Å². The zero-order chi connectivity index (χ0) is 15.0. The lowest BCUT2D eigenvalue weighted by atomic mass is 9.92. The molecular weight excluding hydrogens is 270 g/mol. The number of rotatable bonds is 2. The van der Waals surface area contributed by atoms with E-state index in [2.05, 4.69) is 4.98 Å². The quantitative estimate of drug-likeness (QED) is 0.826. The monoisotopic (exact) mass is 289 g/mol. The maximum Gasteiger partial charge on any atom is 0.410 e. The molecule has 3 rings (SSSR count). The molecule has 0 N–H and O–H groups in total. The van der Waals surface area contributed by atoms with Crippen molar-refractivity contribution in [1.29, 1.82) is 0 Å². The Morgan fingerprint density at radius 1 is 1.48 bits per heavy atom. The Bertz CT molecular complexity index is 589. The van der Waals surface area contributed by atoms with E-state index in [4.69, 9.17) is 4.74 Å². The topological polar surface area (TPSA) is 62.7 Å². The lowest BCUT2D eigenvalue weighted by molar-refractivity contribution is 0.0361. The van der Waals surface area contributed by atoms with Gasteiger partial charge in [-0.1, -0.05) is 6.92 Å². The molecule has 0 saturated carbocycles. The van der Waals surface area contributed by atoms with Crippen molar-refractivity contribution in [3.63, 3.8) is 0 Å². The predicted molar refractivity (Wildman–Crippen MR) is 76.0 cm³/mol. The first-order valence-electron chi connectivity index (χ1n) is 7.23. The Labute approximate surface area is 123 Å². The minimum Gasteiger partial charge on any atom is -0.447 e. The summed E-state index contributed by atoms with van der Waals surface area (Å²) in [7, 11) is 0. The van der Waals surface area contributed by atoms with E-state index in [-0.39, 0.29) is 17.5 Å². The van der Waals surface area contributed by atoms with Gasteiger partial charge in [0.25, 0.3) is 5.91 Å². The summed E-state index contributed by atoms with van der Waals surface area (Å²) in [5, 5.41) is 0. The molecule has 2 aliphatic rings. The van der Waals surface area contributed by atoms with E-state index in [1.165, 1.54) is 0 Å². The molecule has 21 heavy (non-hydrogen) atoms. The van der Waals surface area contributed by atoms with E-state index in [1.807, 2.05) is 18.7 Å². The first-order valence-corrected chi connectivity index (χ1v) is 7.23. The van der Waals surface area contributed by atoms with Crippen LogP contribution < -0.4 is 0 Å². The lowest BCUT2D eigenvalue weighted by Gasteiger charge is -2.44. The average molecular weight is 289 g/mol. The minimum absolute atomic E-state index is 0.0209. The molecule has 1 unspecified atom stereocenters. The van der Waals surface area contributed by atoms with Gasteiger partial charge >= 0.3 is 6.09 Å². The largest absolute Gasteiger partial charge is 0.447 e. The Morgan fingerprint density at radius 3 is 3.00 bits per heavy atom. The molecule has 0 radical (unpaired) electrons. The van der Waals surface area contributed by atoms with Gasteiger partial charge in [0.15, 0.2) is 0 Å². The Balaban J connectivity index is 1.84. The first-order chi connectivity index (χ1) is 10.1. The van der Waals surface area contributed by atoms with Crippen LogP contribution in [0.4, 0.5) is 4.79 Å². The summed E-state index contributed by atoms with van der Waals surface area (Å²) >= 11 is 0. The number of hydrogen-bond donors (Lipinski definition) is 0. The summed E-state index contributed by atoms with van der Waals surface area (Å²) < 4.78 is 5.19. The van der Waals surface area contributed by atoms with Gasteiger partial charge in [0.1, 0.15) is 6.61 Å². The van der Waals surface area contributed by atoms with E-state index in [1.54, 1.807) is 23.2 Å². The highest BCUT2D eigenvalue weighted by Gasteiger charge is 2.50. The molecule has 6 nitrogen and oxygen atoms in total. The van der Waals surface area contributed by atoms with Crippen LogP contribution in [0, 0.1) is 6.92 Å². The SMILES string of the molecule is CCC12COC(=O)N1CCN(C(=O)c1cccnc1C)C2. The zero-order valence-corrected chi connectivity index (χ0v) is 12.3. The number of cyclic esters (lactones) is 1. The summed E-state index contributed by atoms with van der Waals surface area (Å²) in [4.78, 5) is 32.2. The van der Waals surface area contributed by atoms with Crippen molar-refractivity contribution >= 4 is 12.0 Å². The van der Waals surface area contributed by atoms with Gasteiger partial charge in [0.05, 0.1) is 11.1 Å². The summed E-state index contributed by atoms with van der Waals surface area (Å²) in [6.45, 7) is 5.79. The van der Waals surface area contributed by atoms with E-state index in [0.29, 0.717) is 31.8 Å². The van der Waals surface area contributed by atoms with Gasteiger partial charge in [0.2, 0.25) is 0 Å². The van der Waals surface area contributed by atoms with E-state index >= 15 is 0 Å². The molecule has 112 valence electrons. The van der Waals surface area contributed by atoms with Crippen LogP contribution >= 0.6 is 0 Å². The normalized spacial score (nSPS) is 24.8. The minimum atomic E-state index is -0.374. The number of carbonyl (C=O) groups is 2. The lowest BCUT2D eigenvalue weighted by Crippen LogP contribution is -2.62. The van der Waals surface area contributed by atoms with Crippen molar-refractivity contribution in [3.8, 4) is 0 Å². The van der Waals surface area contributed by atoms with Crippen molar-refractivity contribution in [2.45, 2.75) is 25.8 Å². The van der Waals surface area contributed by atoms with Crippen LogP contribution in [0.2, 0.25) is 0 Å². The average Bonchev–Trinajstić information content (AvgIpc) is 2.84. The molecule has 2 fully saturated rings. The summed E-state index contributed by atoms with van der Waals surface area (Å²) in [6, 6.07) is 3.57. The van der Waals surface area contributed by atoms with E-state index < -0.39 is 0 Å². The number of aromatic nitrogens is 1. The molecule has 1 aromatic rings. The third kappa shape index (κ3) is 2.14. The number of pyridine rings is 1. The molecule has 2 amide bonds. The number of aryl methyl sites for hydroxylation is 1. The summed E-state index contributed by atoms with van der Waals surface area (Å²) in [5.41, 5.74) is 0.984. The molecule has 2 aliphatic heterocycles. The zero-order valence-electron chi connectivity index (χ0n) is 12.3. The van der Waals surface area contributed by atoms with Crippen LogP contribution in [0.1, 0.15) is 29.4 Å². The molecule has 0 aromatic carbocycles. The highest BCUT2D eigenvalue weighted by molar-refractivity contribution is 5.95. The second-order valence-electron chi connectivity index (χ2n) is 5.65. The summed E-state index contributed by atoms with van der Waals surface area (Å²) in [5.74, 6) is -0.0209. The highest BCUT2D eigenvalue weighted by atomic mass is 16.6. The second-order valence-corrected chi connectivity index (χ2v) is 5.65. The second kappa shape index (κ2) is 5.02. The number of nitrogens with zero attached hydrogens (tertiary/aromatic N) is 3. The standard InChI is InChI=1S/C15H19N3O3/c1-3-15-9-17(7-8-18(15)14(20)21-10-15)13(19)12-5-4-6-16-11(12)2/h4-6H,3,7-10H2,1-2H3. The van der Waals surface area contributed by atoms with Crippen LogP contribution in [-0.4, -0.2) is 58.6 Å². The smallest absolute Gasteiger partial charge is 0.410 e. The molecule has 0 aliphatic carbocycles. The van der Waals surface area contributed by atoms with Gasteiger partial charge < -0.3 is 9.64 Å². The van der Waals surface area contributed by atoms with Gasteiger partial charge in [-0.25, -0.2) is 4.79 Å². The molecule has 0 bridgehead atoms. The van der Waals surface area contributed by atoms with Gasteiger partial charge in [0, 0.05) is 31.5 Å². The van der Waals surface area contributed by atoms with Crippen molar-refractivity contribution in [2.75, 3.05) is 26.2 Å². The highest BCUT2D eigenvalue weighted by Crippen LogP contribution is 2.32. The van der Waals surface area contributed by atoms with Crippen LogP contribution in [0.15, 0.2) is 18.3 Å². The number of fused-ring (bicyclic) bond motifs is 1. The van der Waals surface area contributed by atoms with Crippen molar-refractivity contribution in [1.82, 2.24) is 14.8 Å². The molecular formula is C15H19N3O3. The van der Waals surface area contributed by atoms with Crippen molar-refractivity contribution in [3.05, 3.63) is 29.6 Å². The van der Waals surface area contributed by atoms with E-state index in [9.17, 15) is 9.59 Å². The Morgan fingerprint density at radius 2 is 2.29 bits per heavy atom. The Kier molecular flexibility index (Phi) is 3.31. The molecule has 6 heteroatoms. The number of piperazine rings is 1. The van der Waals surface area contributed by atoms with Crippen LogP contribution in [0.3, 0.4) is 0 Å². The predicted octanol–water partition coefficient (Wildman–Crippen LogP) is 1.45. The third-order valence-electron chi connectivity index (χ3n) is 4.52. The fourth-order valence-corrected chi connectivity index (χ4v) is 3.12. The third-order valence-corrected chi connectivity index (χ3v) is 4.52. The number of carbonyl (C=O) groups excluding carboxylic acids is 2. The number of hydrogen-bond acceptors (Lipinski definition) is 4. The Hall–Kier alpha value is -2.11. The molecule has 3 heterocycles. The molecule has 1 atom stereocenters. The molecule has 0 spiro atoms. The van der Waals surface area contributed by atoms with Gasteiger partial charge in [-0.15, -0.1) is 0 Å². The van der Waals surface area contributed by atoms with Gasteiger partial charge in [-0.3, -0.25) is 14.7 Å². The number of ether oxygens (including phenoxy) is 1. The van der Waals surface area contributed by atoms with Crippen LogP contribution in [0.25, 0.3) is 0 Å². The first kappa shape index (κ1) is 13.9. The number of amides is 2. The van der Waals surface area contributed by atoms with Gasteiger partial charge in [-0.2, -0.15) is 0 Å². The maximum atomic E-state index is 12.7. The van der Waals surface area contributed by atoms with Crippen molar-refractivity contribution in [2.24, 2.45) is 0 Å². The van der Waals surface area contributed by atoms with Crippen LogP contribution in [-0.2, 0) is 4.74 Å².